The summed E-state index contributed by atoms with van der Waals surface area (Å²) in [7, 11) is 2.15. The predicted octanol–water partition coefficient (Wildman–Crippen LogP) is 0.518. The Balaban J connectivity index is 1.93. The number of nitrogens with one attached hydrogen (secondary N) is 1. The molecule has 0 aromatic carbocycles. The first kappa shape index (κ1) is 9.52. The fourth-order valence-corrected chi connectivity index (χ4v) is 2.02. The van der Waals surface area contributed by atoms with Crippen LogP contribution in [0.3, 0.4) is 0 Å². The molecule has 0 aliphatic carbocycles. The Kier molecular flexibility index (Phi) is 2.72. The average molecular weight is 195 g/mol. The van der Waals surface area contributed by atoms with Gasteiger partial charge in [0.05, 0.1) is 0 Å². The van der Waals surface area contributed by atoms with Crippen molar-refractivity contribution in [3.05, 3.63) is 22.9 Å². The van der Waals surface area contributed by atoms with Gasteiger partial charge in [-0.05, 0) is 38.9 Å². The van der Waals surface area contributed by atoms with Crippen LogP contribution in [0.1, 0.15) is 12.8 Å². The lowest BCUT2D eigenvalue weighted by Crippen LogP contribution is -2.33. The van der Waals surface area contributed by atoms with Gasteiger partial charge in [0, 0.05) is 18.9 Å². The van der Waals surface area contributed by atoms with Crippen LogP contribution in [-0.4, -0.2) is 34.6 Å². The molecule has 1 fully saturated rings. The third-order valence-corrected chi connectivity index (χ3v) is 3.02. The van der Waals surface area contributed by atoms with E-state index in [0.29, 0.717) is 5.92 Å². The zero-order chi connectivity index (χ0) is 9.97. The van der Waals surface area contributed by atoms with Crippen molar-refractivity contribution in [3.8, 4) is 0 Å². The van der Waals surface area contributed by atoms with Crippen LogP contribution in [-0.2, 0) is 6.54 Å². The molecule has 4 heteroatoms. The van der Waals surface area contributed by atoms with Gasteiger partial charge in [0.25, 0.3) is 0 Å². The van der Waals surface area contributed by atoms with Crippen LogP contribution in [0, 0.1) is 5.92 Å². The maximum absolute atomic E-state index is 11.3. The highest BCUT2D eigenvalue weighted by atomic mass is 16.1. The Bertz CT molecular complexity index is 333. The Hall–Kier alpha value is -1.03. The fourth-order valence-electron chi connectivity index (χ4n) is 2.02. The number of aromatic amines is 1. The third-order valence-electron chi connectivity index (χ3n) is 3.02. The lowest BCUT2D eigenvalue weighted by Gasteiger charge is -2.28. The second-order valence-electron chi connectivity index (χ2n) is 4.16. The summed E-state index contributed by atoms with van der Waals surface area (Å²) in [6.45, 7) is 3.18. The Morgan fingerprint density at radius 3 is 2.79 bits per heavy atom. The van der Waals surface area contributed by atoms with Crippen molar-refractivity contribution in [2.24, 2.45) is 5.92 Å². The molecule has 4 nitrogen and oxygen atoms in total. The molecule has 2 rings (SSSR count). The van der Waals surface area contributed by atoms with Crippen molar-refractivity contribution in [1.82, 2.24) is 14.5 Å². The average Bonchev–Trinajstić information content (AvgIpc) is 2.56. The van der Waals surface area contributed by atoms with Gasteiger partial charge in [0.15, 0.2) is 0 Å². The first-order valence-corrected chi connectivity index (χ1v) is 5.18. The molecule has 0 bridgehead atoms. The maximum Gasteiger partial charge on any atom is 0.325 e. The van der Waals surface area contributed by atoms with Gasteiger partial charge in [-0.3, -0.25) is 4.57 Å². The van der Waals surface area contributed by atoms with Gasteiger partial charge in [0.2, 0.25) is 0 Å². The van der Waals surface area contributed by atoms with Crippen LogP contribution in [0.2, 0.25) is 0 Å². The number of hydrogen-bond donors (Lipinski definition) is 1. The number of aromatic nitrogens is 2. The zero-order valence-electron chi connectivity index (χ0n) is 8.57. The largest absolute Gasteiger partial charge is 0.325 e. The summed E-state index contributed by atoms with van der Waals surface area (Å²) in [6, 6.07) is 0. The molecule has 1 N–H and O–H groups in total. The minimum absolute atomic E-state index is 0.0175. The molecule has 0 radical (unpaired) electrons. The molecule has 1 aliphatic heterocycles. The van der Waals surface area contributed by atoms with E-state index in [0.717, 1.165) is 19.6 Å². The predicted molar refractivity (Wildman–Crippen MR) is 55.3 cm³/mol. The highest BCUT2D eigenvalue weighted by molar-refractivity contribution is 4.79. The molecule has 14 heavy (non-hydrogen) atoms. The van der Waals surface area contributed by atoms with Crippen molar-refractivity contribution in [1.29, 1.82) is 0 Å². The lowest BCUT2D eigenvalue weighted by molar-refractivity contribution is 0.204. The molecular formula is C10H17N3O. The fraction of sp³-hybridized carbons (Fsp3) is 0.700. The van der Waals surface area contributed by atoms with E-state index in [1.807, 2.05) is 6.20 Å². The van der Waals surface area contributed by atoms with Crippen LogP contribution >= 0.6 is 0 Å². The summed E-state index contributed by atoms with van der Waals surface area (Å²) < 4.78 is 1.77. The van der Waals surface area contributed by atoms with E-state index in [2.05, 4.69) is 16.9 Å². The first-order chi connectivity index (χ1) is 6.75. The maximum atomic E-state index is 11.3. The van der Waals surface area contributed by atoms with Gasteiger partial charge in [-0.1, -0.05) is 0 Å². The summed E-state index contributed by atoms with van der Waals surface area (Å²) in [6.07, 6.45) is 5.94. The van der Waals surface area contributed by atoms with Crippen molar-refractivity contribution >= 4 is 0 Å². The number of imidazole rings is 1. The Morgan fingerprint density at radius 2 is 2.21 bits per heavy atom. The van der Waals surface area contributed by atoms with E-state index < -0.39 is 0 Å². The molecule has 1 aromatic heterocycles. The van der Waals surface area contributed by atoms with Gasteiger partial charge in [-0.2, -0.15) is 0 Å². The van der Waals surface area contributed by atoms with E-state index in [9.17, 15) is 4.79 Å². The van der Waals surface area contributed by atoms with Gasteiger partial charge in [-0.15, -0.1) is 0 Å². The molecule has 1 saturated heterocycles. The number of piperidine rings is 1. The number of likely N-dealkylation sites (tertiary alicyclic amines) is 1. The van der Waals surface area contributed by atoms with E-state index in [-0.39, 0.29) is 5.69 Å². The van der Waals surface area contributed by atoms with E-state index in [1.165, 1.54) is 12.8 Å². The van der Waals surface area contributed by atoms with Crippen molar-refractivity contribution < 1.29 is 0 Å². The summed E-state index contributed by atoms with van der Waals surface area (Å²) in [5, 5.41) is 0. The number of rotatable bonds is 2. The van der Waals surface area contributed by atoms with Crippen LogP contribution in [0.5, 0.6) is 0 Å². The van der Waals surface area contributed by atoms with Gasteiger partial charge < -0.3 is 9.88 Å². The highest BCUT2D eigenvalue weighted by Crippen LogP contribution is 2.16. The van der Waals surface area contributed by atoms with E-state index in [1.54, 1.807) is 10.8 Å². The topological polar surface area (TPSA) is 41.0 Å². The second kappa shape index (κ2) is 4.00. The molecule has 0 spiro atoms. The minimum Gasteiger partial charge on any atom is -0.313 e. The molecular weight excluding hydrogens is 178 g/mol. The summed E-state index contributed by atoms with van der Waals surface area (Å²) in [5.41, 5.74) is 0.0175. The molecule has 0 amide bonds. The molecule has 78 valence electrons. The summed E-state index contributed by atoms with van der Waals surface area (Å²) in [5.74, 6) is 0.666. The lowest BCUT2D eigenvalue weighted by atomic mass is 9.97. The van der Waals surface area contributed by atoms with Crippen LogP contribution < -0.4 is 5.69 Å². The van der Waals surface area contributed by atoms with Gasteiger partial charge in [-0.25, -0.2) is 4.79 Å². The van der Waals surface area contributed by atoms with Crippen molar-refractivity contribution in [2.75, 3.05) is 20.1 Å². The second-order valence-corrected chi connectivity index (χ2v) is 4.16. The number of nitrogens with zero attached hydrogens (tertiary/aromatic N) is 2. The van der Waals surface area contributed by atoms with Crippen LogP contribution in [0.25, 0.3) is 0 Å². The third kappa shape index (κ3) is 2.07. The minimum atomic E-state index is 0.0175. The van der Waals surface area contributed by atoms with Crippen LogP contribution in [0.4, 0.5) is 0 Å². The van der Waals surface area contributed by atoms with Gasteiger partial charge in [0.1, 0.15) is 0 Å². The van der Waals surface area contributed by atoms with Crippen molar-refractivity contribution in [2.45, 2.75) is 19.4 Å². The van der Waals surface area contributed by atoms with Gasteiger partial charge >= 0.3 is 5.69 Å². The van der Waals surface area contributed by atoms with Crippen LogP contribution in [0.15, 0.2) is 17.2 Å². The van der Waals surface area contributed by atoms with E-state index >= 15 is 0 Å². The highest BCUT2D eigenvalue weighted by Gasteiger charge is 2.17. The number of hydrogen-bond acceptors (Lipinski definition) is 2. The Morgan fingerprint density at radius 1 is 1.50 bits per heavy atom. The smallest absolute Gasteiger partial charge is 0.313 e. The molecule has 2 heterocycles. The van der Waals surface area contributed by atoms with Crippen molar-refractivity contribution in [3.63, 3.8) is 0 Å². The van der Waals surface area contributed by atoms with E-state index in [4.69, 9.17) is 0 Å². The first-order valence-electron chi connectivity index (χ1n) is 5.18. The standard InChI is InChI=1S/C10H17N3O/c1-12-5-2-9(3-6-12)8-13-7-4-11-10(13)14/h4,7,9H,2-3,5-6,8H2,1H3,(H,11,14). The monoisotopic (exact) mass is 195 g/mol. The molecule has 0 atom stereocenters. The zero-order valence-corrected chi connectivity index (χ0v) is 8.57. The summed E-state index contributed by atoms with van der Waals surface area (Å²) >= 11 is 0. The quantitative estimate of drug-likeness (QED) is 0.747. The normalized spacial score (nSPS) is 20.1. The molecule has 1 aromatic rings. The molecule has 0 unspecified atom stereocenters. The summed E-state index contributed by atoms with van der Waals surface area (Å²) in [4.78, 5) is 16.3. The molecule has 0 saturated carbocycles. The Labute approximate surface area is 83.5 Å². The molecule has 1 aliphatic rings. The number of H-pyrrole nitrogens is 1. The SMILES string of the molecule is CN1CCC(Cn2cc[nH]c2=O)CC1.